The highest BCUT2D eigenvalue weighted by molar-refractivity contribution is 14.1. The maximum atomic E-state index is 12.4. The molecule has 0 aliphatic carbocycles. The molecule has 1 saturated heterocycles. The van der Waals surface area contributed by atoms with Crippen LogP contribution in [0.2, 0.25) is 0 Å². The number of benzene rings is 1. The third-order valence-electron chi connectivity index (χ3n) is 3.32. The molecule has 1 amide bonds. The number of nitrogens with zero attached hydrogens (tertiary/aromatic N) is 1. The molecule has 0 saturated carbocycles. The van der Waals surface area contributed by atoms with Crippen LogP contribution in [0, 0.1) is 10.5 Å². The van der Waals surface area contributed by atoms with Gasteiger partial charge in [0, 0.05) is 16.7 Å². The highest BCUT2D eigenvalue weighted by Gasteiger charge is 2.19. The molecule has 17 heavy (non-hydrogen) atoms. The van der Waals surface area contributed by atoms with Gasteiger partial charge < -0.3 is 4.90 Å². The second kappa shape index (κ2) is 5.85. The summed E-state index contributed by atoms with van der Waals surface area (Å²) in [5.41, 5.74) is 2.05. The summed E-state index contributed by atoms with van der Waals surface area (Å²) < 4.78 is 1.10. The van der Waals surface area contributed by atoms with Crippen LogP contribution in [0.5, 0.6) is 0 Å². The van der Waals surface area contributed by atoms with Crippen LogP contribution in [0.15, 0.2) is 18.2 Å². The number of likely N-dealkylation sites (tertiary alicyclic amines) is 1. The van der Waals surface area contributed by atoms with Gasteiger partial charge in [0.1, 0.15) is 0 Å². The highest BCUT2D eigenvalue weighted by Crippen LogP contribution is 2.20. The van der Waals surface area contributed by atoms with E-state index in [2.05, 4.69) is 35.6 Å². The van der Waals surface area contributed by atoms with Gasteiger partial charge in [0.2, 0.25) is 0 Å². The van der Waals surface area contributed by atoms with Gasteiger partial charge in [-0.2, -0.15) is 0 Å². The number of halogens is 1. The van der Waals surface area contributed by atoms with Crippen molar-refractivity contribution >= 4 is 28.5 Å². The van der Waals surface area contributed by atoms with Gasteiger partial charge in [-0.15, -0.1) is 0 Å². The van der Waals surface area contributed by atoms with Gasteiger partial charge in [0.05, 0.1) is 5.56 Å². The van der Waals surface area contributed by atoms with E-state index < -0.39 is 0 Å². The second-order valence-corrected chi connectivity index (χ2v) is 5.72. The van der Waals surface area contributed by atoms with E-state index in [0.717, 1.165) is 35.1 Å². The minimum atomic E-state index is 0.208. The molecule has 2 rings (SSSR count). The first-order chi connectivity index (χ1) is 8.20. The molecule has 1 aliphatic heterocycles. The molecule has 0 radical (unpaired) electrons. The van der Waals surface area contributed by atoms with Crippen molar-refractivity contribution in [1.29, 1.82) is 0 Å². The van der Waals surface area contributed by atoms with Gasteiger partial charge in [0.15, 0.2) is 0 Å². The number of carbonyl (C=O) groups excluding carboxylic acids is 1. The predicted molar refractivity (Wildman–Crippen MR) is 78.3 cm³/mol. The number of hydrogen-bond donors (Lipinski definition) is 0. The minimum absolute atomic E-state index is 0.208. The summed E-state index contributed by atoms with van der Waals surface area (Å²) in [6.45, 7) is 3.90. The Balaban J connectivity index is 2.20. The van der Waals surface area contributed by atoms with Gasteiger partial charge in [0.25, 0.3) is 5.91 Å². The predicted octanol–water partition coefficient (Wildman–Crippen LogP) is 3.62. The summed E-state index contributed by atoms with van der Waals surface area (Å²) in [4.78, 5) is 14.5. The Morgan fingerprint density at radius 3 is 2.47 bits per heavy atom. The molecule has 92 valence electrons. The molecular weight excluding hydrogens is 325 g/mol. The smallest absolute Gasteiger partial charge is 0.254 e. The van der Waals surface area contributed by atoms with Crippen LogP contribution in [0.25, 0.3) is 0 Å². The lowest BCUT2D eigenvalue weighted by Gasteiger charge is -2.21. The van der Waals surface area contributed by atoms with Gasteiger partial charge >= 0.3 is 0 Å². The van der Waals surface area contributed by atoms with Crippen molar-refractivity contribution in [2.45, 2.75) is 32.6 Å². The first-order valence-corrected chi connectivity index (χ1v) is 7.32. The minimum Gasteiger partial charge on any atom is -0.339 e. The summed E-state index contributed by atoms with van der Waals surface area (Å²) in [5, 5.41) is 0. The van der Waals surface area contributed by atoms with Crippen molar-refractivity contribution in [3.63, 3.8) is 0 Å². The molecule has 1 heterocycles. The molecule has 0 unspecified atom stereocenters. The lowest BCUT2D eigenvalue weighted by atomic mass is 10.1. The average Bonchev–Trinajstić information content (AvgIpc) is 2.60. The largest absolute Gasteiger partial charge is 0.339 e. The molecule has 1 aliphatic rings. The lowest BCUT2D eigenvalue weighted by Crippen LogP contribution is -2.32. The van der Waals surface area contributed by atoms with Crippen molar-refractivity contribution < 1.29 is 4.79 Å². The SMILES string of the molecule is Cc1cccc(C(=O)N2CCCCCC2)c1I. The number of carbonyl (C=O) groups is 1. The number of aryl methyl sites for hydroxylation is 1. The van der Waals surface area contributed by atoms with Crippen LogP contribution in [0.3, 0.4) is 0 Å². The maximum absolute atomic E-state index is 12.4. The first kappa shape index (κ1) is 12.9. The summed E-state index contributed by atoms with van der Waals surface area (Å²) in [5.74, 6) is 0.208. The molecule has 0 atom stereocenters. The van der Waals surface area contributed by atoms with Crippen molar-refractivity contribution in [2.24, 2.45) is 0 Å². The molecule has 3 heteroatoms. The second-order valence-electron chi connectivity index (χ2n) is 4.64. The van der Waals surface area contributed by atoms with Crippen molar-refractivity contribution in [3.8, 4) is 0 Å². The average molecular weight is 343 g/mol. The molecule has 0 bridgehead atoms. The summed E-state index contributed by atoms with van der Waals surface area (Å²) in [6, 6.07) is 5.98. The quantitative estimate of drug-likeness (QED) is 0.714. The summed E-state index contributed by atoms with van der Waals surface area (Å²) >= 11 is 2.28. The van der Waals surface area contributed by atoms with Crippen molar-refractivity contribution in [3.05, 3.63) is 32.9 Å². The van der Waals surface area contributed by atoms with E-state index in [-0.39, 0.29) is 5.91 Å². The number of rotatable bonds is 1. The molecule has 1 aromatic carbocycles. The molecular formula is C14H18INO. The number of hydrogen-bond acceptors (Lipinski definition) is 1. The highest BCUT2D eigenvalue weighted by atomic mass is 127. The Kier molecular flexibility index (Phi) is 4.42. The normalized spacial score (nSPS) is 16.7. The third kappa shape index (κ3) is 3.00. The fourth-order valence-electron chi connectivity index (χ4n) is 2.26. The Hall–Kier alpha value is -0.580. The van der Waals surface area contributed by atoms with Crippen LogP contribution in [0.4, 0.5) is 0 Å². The van der Waals surface area contributed by atoms with Crippen molar-refractivity contribution in [2.75, 3.05) is 13.1 Å². The standard InChI is InChI=1S/C14H18INO/c1-11-7-6-8-12(13(11)15)14(17)16-9-4-2-3-5-10-16/h6-8H,2-5,9-10H2,1H3. The van der Waals surface area contributed by atoms with E-state index in [1.165, 1.54) is 18.4 Å². The topological polar surface area (TPSA) is 20.3 Å². The monoisotopic (exact) mass is 343 g/mol. The summed E-state index contributed by atoms with van der Waals surface area (Å²) in [7, 11) is 0. The van der Waals surface area contributed by atoms with Crippen LogP contribution in [0.1, 0.15) is 41.6 Å². The zero-order valence-corrected chi connectivity index (χ0v) is 12.4. The van der Waals surface area contributed by atoms with E-state index >= 15 is 0 Å². The van der Waals surface area contributed by atoms with Gasteiger partial charge in [-0.05, 0) is 54.0 Å². The number of amides is 1. The molecule has 1 fully saturated rings. The zero-order chi connectivity index (χ0) is 12.3. The Morgan fingerprint density at radius 2 is 1.82 bits per heavy atom. The lowest BCUT2D eigenvalue weighted by molar-refractivity contribution is 0.0760. The van der Waals surface area contributed by atoms with Crippen LogP contribution in [-0.4, -0.2) is 23.9 Å². The van der Waals surface area contributed by atoms with Crippen molar-refractivity contribution in [1.82, 2.24) is 4.90 Å². The van der Waals surface area contributed by atoms with E-state index in [1.54, 1.807) is 0 Å². The molecule has 0 spiro atoms. The fourth-order valence-corrected chi connectivity index (χ4v) is 2.85. The van der Waals surface area contributed by atoms with Crippen LogP contribution in [-0.2, 0) is 0 Å². The molecule has 0 N–H and O–H groups in total. The Labute approximate surface area is 117 Å². The Bertz CT molecular complexity index is 409. The first-order valence-electron chi connectivity index (χ1n) is 6.24. The van der Waals surface area contributed by atoms with Gasteiger partial charge in [-0.1, -0.05) is 25.0 Å². The van der Waals surface area contributed by atoms with Gasteiger partial charge in [-0.3, -0.25) is 4.79 Å². The maximum Gasteiger partial charge on any atom is 0.254 e. The fraction of sp³-hybridized carbons (Fsp3) is 0.500. The summed E-state index contributed by atoms with van der Waals surface area (Å²) in [6.07, 6.45) is 4.81. The molecule has 1 aromatic rings. The van der Waals surface area contributed by atoms with Gasteiger partial charge in [-0.25, -0.2) is 0 Å². The molecule has 0 aromatic heterocycles. The van der Waals surface area contributed by atoms with Crippen LogP contribution >= 0.6 is 22.6 Å². The van der Waals surface area contributed by atoms with Crippen LogP contribution < -0.4 is 0 Å². The van der Waals surface area contributed by atoms with E-state index in [1.807, 2.05) is 17.0 Å². The van der Waals surface area contributed by atoms with E-state index in [4.69, 9.17) is 0 Å². The Morgan fingerprint density at radius 1 is 1.18 bits per heavy atom. The third-order valence-corrected chi connectivity index (χ3v) is 4.75. The van der Waals surface area contributed by atoms with E-state index in [9.17, 15) is 4.79 Å². The van der Waals surface area contributed by atoms with E-state index in [0.29, 0.717) is 0 Å². The zero-order valence-electron chi connectivity index (χ0n) is 10.2. The molecule has 2 nitrogen and oxygen atoms in total.